The molecular weight excluding hydrogens is 174 g/mol. The summed E-state index contributed by atoms with van der Waals surface area (Å²) in [5.74, 6) is -0.0349. The van der Waals surface area contributed by atoms with Crippen LogP contribution in [0.5, 0.6) is 0 Å². The Morgan fingerprint density at radius 1 is 1.50 bits per heavy atom. The van der Waals surface area contributed by atoms with E-state index in [9.17, 15) is 4.79 Å². The van der Waals surface area contributed by atoms with E-state index in [1.54, 1.807) is 12.1 Å². The molecule has 3 heteroatoms. The van der Waals surface area contributed by atoms with Crippen molar-refractivity contribution in [1.29, 1.82) is 0 Å². The third-order valence-electron chi connectivity index (χ3n) is 1.71. The van der Waals surface area contributed by atoms with Crippen LogP contribution in [0.25, 0.3) is 0 Å². The summed E-state index contributed by atoms with van der Waals surface area (Å²) in [5, 5.41) is 0.595. The van der Waals surface area contributed by atoms with E-state index < -0.39 is 0 Å². The summed E-state index contributed by atoms with van der Waals surface area (Å²) in [5.41, 5.74) is 7.44. The van der Waals surface area contributed by atoms with Gasteiger partial charge in [0, 0.05) is 16.3 Å². The van der Waals surface area contributed by atoms with E-state index in [1.165, 1.54) is 6.92 Å². The molecule has 0 amide bonds. The fourth-order valence-corrected chi connectivity index (χ4v) is 1.17. The molecule has 0 heterocycles. The van der Waals surface area contributed by atoms with Crippen LogP contribution >= 0.6 is 11.6 Å². The molecule has 0 bridgehead atoms. The van der Waals surface area contributed by atoms with Gasteiger partial charge in [-0.15, -0.1) is 0 Å². The molecule has 0 aliphatic rings. The summed E-state index contributed by atoms with van der Waals surface area (Å²) < 4.78 is 0. The van der Waals surface area contributed by atoms with Crippen LogP contribution in [0.15, 0.2) is 12.1 Å². The summed E-state index contributed by atoms with van der Waals surface area (Å²) in [6.07, 6.45) is 0. The van der Waals surface area contributed by atoms with E-state index in [-0.39, 0.29) is 5.78 Å². The number of halogens is 1. The lowest BCUT2D eigenvalue weighted by molar-refractivity contribution is 0.101. The molecule has 0 saturated heterocycles. The first-order valence-corrected chi connectivity index (χ1v) is 3.96. The Morgan fingerprint density at radius 2 is 2.08 bits per heavy atom. The minimum Gasteiger partial charge on any atom is -0.398 e. The second kappa shape index (κ2) is 3.15. The van der Waals surface area contributed by atoms with Gasteiger partial charge in [0.25, 0.3) is 0 Å². The van der Waals surface area contributed by atoms with Gasteiger partial charge in [0.1, 0.15) is 0 Å². The zero-order valence-electron chi connectivity index (χ0n) is 7.02. The molecule has 0 atom stereocenters. The lowest BCUT2D eigenvalue weighted by Gasteiger charge is -2.04. The molecule has 0 unspecified atom stereocenters. The SMILES string of the molecule is CC(=O)c1cc(C)c(Cl)cc1N. The van der Waals surface area contributed by atoms with E-state index in [4.69, 9.17) is 17.3 Å². The Balaban J connectivity index is 3.33. The molecule has 0 aliphatic heterocycles. The van der Waals surface area contributed by atoms with Gasteiger partial charge in [-0.2, -0.15) is 0 Å². The van der Waals surface area contributed by atoms with Crippen molar-refractivity contribution >= 4 is 23.1 Å². The first-order valence-electron chi connectivity index (χ1n) is 3.59. The van der Waals surface area contributed by atoms with Crippen LogP contribution in [-0.2, 0) is 0 Å². The molecule has 1 aromatic rings. The number of nitrogen functional groups attached to an aromatic ring is 1. The second-order valence-corrected chi connectivity index (χ2v) is 3.15. The van der Waals surface area contributed by atoms with Crippen LogP contribution in [0.2, 0.25) is 5.02 Å². The molecule has 1 aromatic carbocycles. The first kappa shape index (κ1) is 9.07. The maximum absolute atomic E-state index is 11.0. The Kier molecular flexibility index (Phi) is 2.38. The molecule has 0 spiro atoms. The number of nitrogens with two attached hydrogens (primary N) is 1. The van der Waals surface area contributed by atoms with Crippen molar-refractivity contribution in [3.63, 3.8) is 0 Å². The quantitative estimate of drug-likeness (QED) is 0.537. The van der Waals surface area contributed by atoms with Gasteiger partial charge in [-0.1, -0.05) is 11.6 Å². The third-order valence-corrected chi connectivity index (χ3v) is 2.12. The summed E-state index contributed by atoms with van der Waals surface area (Å²) in [4.78, 5) is 11.0. The largest absolute Gasteiger partial charge is 0.398 e. The number of rotatable bonds is 1. The number of aryl methyl sites for hydroxylation is 1. The number of ketones is 1. The molecular formula is C9H10ClNO. The maximum atomic E-state index is 11.0. The molecule has 0 aromatic heterocycles. The fourth-order valence-electron chi connectivity index (χ4n) is 1.00. The van der Waals surface area contributed by atoms with E-state index >= 15 is 0 Å². The number of hydrogen-bond donors (Lipinski definition) is 1. The van der Waals surface area contributed by atoms with Crippen LogP contribution in [0, 0.1) is 6.92 Å². The van der Waals surface area contributed by atoms with Crippen molar-refractivity contribution < 1.29 is 4.79 Å². The minimum absolute atomic E-state index is 0.0349. The van der Waals surface area contributed by atoms with Gasteiger partial charge in [0.2, 0.25) is 0 Å². The number of anilines is 1. The Bertz CT molecular complexity index is 334. The van der Waals surface area contributed by atoms with Crippen molar-refractivity contribution in [2.75, 3.05) is 5.73 Å². The van der Waals surface area contributed by atoms with Crippen molar-refractivity contribution in [2.45, 2.75) is 13.8 Å². The van der Waals surface area contributed by atoms with Gasteiger partial charge in [-0.25, -0.2) is 0 Å². The molecule has 0 saturated carbocycles. The average molecular weight is 184 g/mol. The highest BCUT2D eigenvalue weighted by Gasteiger charge is 2.06. The van der Waals surface area contributed by atoms with Crippen LogP contribution in [0.4, 0.5) is 5.69 Å². The third kappa shape index (κ3) is 1.59. The van der Waals surface area contributed by atoms with Gasteiger partial charge < -0.3 is 5.73 Å². The highest BCUT2D eigenvalue weighted by atomic mass is 35.5. The molecule has 2 nitrogen and oxygen atoms in total. The summed E-state index contributed by atoms with van der Waals surface area (Å²) in [7, 11) is 0. The van der Waals surface area contributed by atoms with Crippen LogP contribution < -0.4 is 5.73 Å². The number of carbonyl (C=O) groups excluding carboxylic acids is 1. The number of benzene rings is 1. The fraction of sp³-hybridized carbons (Fsp3) is 0.222. The van der Waals surface area contributed by atoms with E-state index in [0.29, 0.717) is 16.3 Å². The standard InChI is InChI=1S/C9H10ClNO/c1-5-3-7(6(2)12)9(11)4-8(5)10/h3-4H,11H2,1-2H3. The van der Waals surface area contributed by atoms with Crippen molar-refractivity contribution in [3.8, 4) is 0 Å². The maximum Gasteiger partial charge on any atom is 0.161 e. The summed E-state index contributed by atoms with van der Waals surface area (Å²) in [6.45, 7) is 3.33. The molecule has 0 fully saturated rings. The van der Waals surface area contributed by atoms with E-state index in [1.807, 2.05) is 6.92 Å². The number of Topliss-reactive ketones (excluding diaryl/α,β-unsaturated/α-hetero) is 1. The average Bonchev–Trinajstić information content (AvgIpc) is 1.96. The van der Waals surface area contributed by atoms with Crippen LogP contribution in [0.1, 0.15) is 22.8 Å². The monoisotopic (exact) mass is 183 g/mol. The zero-order chi connectivity index (χ0) is 9.30. The van der Waals surface area contributed by atoms with Gasteiger partial charge in [0.15, 0.2) is 5.78 Å². The Morgan fingerprint density at radius 3 is 2.58 bits per heavy atom. The van der Waals surface area contributed by atoms with Crippen LogP contribution in [0.3, 0.4) is 0 Å². The van der Waals surface area contributed by atoms with Crippen molar-refractivity contribution in [3.05, 3.63) is 28.3 Å². The molecule has 0 aliphatic carbocycles. The van der Waals surface area contributed by atoms with E-state index in [0.717, 1.165) is 5.56 Å². The first-order chi connectivity index (χ1) is 5.52. The van der Waals surface area contributed by atoms with E-state index in [2.05, 4.69) is 0 Å². The van der Waals surface area contributed by atoms with Gasteiger partial charge >= 0.3 is 0 Å². The normalized spacial score (nSPS) is 9.92. The van der Waals surface area contributed by atoms with Gasteiger partial charge in [-0.3, -0.25) is 4.79 Å². The van der Waals surface area contributed by atoms with Gasteiger partial charge in [0.05, 0.1) is 0 Å². The number of carbonyl (C=O) groups is 1. The predicted octanol–water partition coefficient (Wildman–Crippen LogP) is 2.43. The van der Waals surface area contributed by atoms with Crippen LogP contribution in [-0.4, -0.2) is 5.78 Å². The second-order valence-electron chi connectivity index (χ2n) is 2.74. The van der Waals surface area contributed by atoms with Crippen molar-refractivity contribution in [1.82, 2.24) is 0 Å². The molecule has 2 N–H and O–H groups in total. The zero-order valence-corrected chi connectivity index (χ0v) is 7.77. The Hall–Kier alpha value is -1.02. The number of hydrogen-bond acceptors (Lipinski definition) is 2. The Labute approximate surface area is 76.3 Å². The highest BCUT2D eigenvalue weighted by Crippen LogP contribution is 2.22. The molecule has 12 heavy (non-hydrogen) atoms. The summed E-state index contributed by atoms with van der Waals surface area (Å²) >= 11 is 5.80. The lowest BCUT2D eigenvalue weighted by Crippen LogP contribution is -2.00. The molecule has 0 radical (unpaired) electrons. The molecule has 64 valence electrons. The van der Waals surface area contributed by atoms with Crippen molar-refractivity contribution in [2.24, 2.45) is 0 Å². The molecule has 1 rings (SSSR count). The van der Waals surface area contributed by atoms with Gasteiger partial charge in [-0.05, 0) is 31.5 Å². The lowest BCUT2D eigenvalue weighted by atomic mass is 10.1. The highest BCUT2D eigenvalue weighted by molar-refractivity contribution is 6.31. The smallest absolute Gasteiger partial charge is 0.161 e. The topological polar surface area (TPSA) is 43.1 Å². The minimum atomic E-state index is -0.0349. The predicted molar refractivity (Wildman–Crippen MR) is 50.6 cm³/mol. The summed E-state index contributed by atoms with van der Waals surface area (Å²) in [6, 6.07) is 3.31.